The van der Waals surface area contributed by atoms with Crippen molar-refractivity contribution in [2.45, 2.75) is 47.5 Å². The van der Waals surface area contributed by atoms with Gasteiger partial charge in [-0.1, -0.05) is 0 Å². The molecule has 0 bridgehead atoms. The molecule has 0 atom stereocenters. The molecule has 0 aromatic rings. The maximum atomic E-state index is 13.0. The van der Waals surface area contributed by atoms with Gasteiger partial charge in [0.15, 0.2) is 10.1 Å². The van der Waals surface area contributed by atoms with Crippen LogP contribution in [0.1, 0.15) is 6.42 Å². The SMILES string of the molecule is O=S(=O)([O-])C(F)(F)C(F)(F)C(F)(F)C(F)(F)C(F)(F)C(F)(F)CC(F)(F)F.[Li+]. The van der Waals surface area contributed by atoms with Crippen LogP contribution in [0.2, 0.25) is 0 Å². The van der Waals surface area contributed by atoms with Gasteiger partial charge in [-0.05, 0) is 0 Å². The molecule has 0 unspecified atom stereocenters. The smallest absolute Gasteiger partial charge is 0.743 e. The second kappa shape index (κ2) is 7.30. The Bertz CT molecular complexity index is 667. The molecule has 0 heterocycles. The Morgan fingerprint density at radius 3 is 1.11 bits per heavy atom. The van der Waals surface area contributed by atoms with Gasteiger partial charge in [-0.15, -0.1) is 0 Å². The molecule has 0 spiro atoms. The molecule has 0 aliphatic carbocycles. The van der Waals surface area contributed by atoms with Crippen LogP contribution in [0, 0.1) is 0 Å². The van der Waals surface area contributed by atoms with Crippen molar-refractivity contribution in [3.8, 4) is 0 Å². The van der Waals surface area contributed by atoms with Crippen LogP contribution in [0.5, 0.6) is 0 Å². The minimum atomic E-state index is -8.44. The molecule has 0 saturated heterocycles. The van der Waals surface area contributed by atoms with Crippen molar-refractivity contribution in [2.75, 3.05) is 0 Å². The van der Waals surface area contributed by atoms with Gasteiger partial charge in [0.05, 0.1) is 0 Å². The zero-order valence-electron chi connectivity index (χ0n) is 12.5. The molecule has 20 heteroatoms. The molecule has 0 amide bonds. The zero-order chi connectivity index (χ0) is 22.7. The number of rotatable bonds is 7. The van der Waals surface area contributed by atoms with Crippen molar-refractivity contribution in [1.29, 1.82) is 0 Å². The summed E-state index contributed by atoms with van der Waals surface area (Å²) in [5.41, 5.74) is 0. The Morgan fingerprint density at radius 2 is 0.857 bits per heavy atom. The van der Waals surface area contributed by atoms with Gasteiger partial charge in [-0.25, -0.2) is 8.42 Å². The second-order valence-corrected chi connectivity index (χ2v) is 6.19. The number of halogens is 15. The van der Waals surface area contributed by atoms with Gasteiger partial charge >= 0.3 is 59.9 Å². The van der Waals surface area contributed by atoms with Crippen LogP contribution in [-0.2, 0) is 10.1 Å². The molecule has 164 valence electrons. The molecule has 0 aromatic carbocycles. The average molecular weight is 470 g/mol. The van der Waals surface area contributed by atoms with Gasteiger partial charge < -0.3 is 4.55 Å². The van der Waals surface area contributed by atoms with Crippen molar-refractivity contribution >= 4 is 10.1 Å². The normalized spacial score (nSPS) is 16.0. The molecule has 3 nitrogen and oxygen atoms in total. The monoisotopic (exact) mass is 470 g/mol. The van der Waals surface area contributed by atoms with E-state index in [2.05, 4.69) is 0 Å². The number of hydrogen-bond donors (Lipinski definition) is 0. The van der Waals surface area contributed by atoms with Crippen LogP contribution in [0.25, 0.3) is 0 Å². The molecular formula is C8H2F15LiO3S. The van der Waals surface area contributed by atoms with Gasteiger partial charge in [0, 0.05) is 0 Å². The molecule has 0 fully saturated rings. The van der Waals surface area contributed by atoms with E-state index < -0.39 is 57.6 Å². The van der Waals surface area contributed by atoms with Gasteiger partial charge in [0.1, 0.15) is 6.42 Å². The van der Waals surface area contributed by atoms with E-state index in [0.29, 0.717) is 0 Å². The van der Waals surface area contributed by atoms with Crippen molar-refractivity contribution in [3.63, 3.8) is 0 Å². The molecule has 0 aliphatic heterocycles. The molecular weight excluding hydrogens is 468 g/mol. The summed E-state index contributed by atoms with van der Waals surface area (Å²) in [4.78, 5) is 0. The first-order valence-corrected chi connectivity index (χ1v) is 6.90. The van der Waals surface area contributed by atoms with Gasteiger partial charge in [0.2, 0.25) is 0 Å². The summed E-state index contributed by atoms with van der Waals surface area (Å²) in [6, 6.07) is 0. The molecule has 0 radical (unpaired) electrons. The molecule has 0 saturated carbocycles. The van der Waals surface area contributed by atoms with E-state index in [0.717, 1.165) is 0 Å². The predicted octanol–water partition coefficient (Wildman–Crippen LogP) is 1.26. The van der Waals surface area contributed by atoms with Crippen LogP contribution in [-0.4, -0.2) is 54.0 Å². The van der Waals surface area contributed by atoms with Gasteiger partial charge in [-0.2, -0.15) is 65.9 Å². The maximum absolute atomic E-state index is 13.0. The van der Waals surface area contributed by atoms with Crippen LogP contribution in [0.3, 0.4) is 0 Å². The van der Waals surface area contributed by atoms with Crippen LogP contribution >= 0.6 is 0 Å². The average Bonchev–Trinajstić information content (AvgIpc) is 2.33. The van der Waals surface area contributed by atoms with Crippen molar-refractivity contribution in [3.05, 3.63) is 0 Å². The molecule has 0 aromatic heterocycles. The zero-order valence-corrected chi connectivity index (χ0v) is 13.3. The number of hydrogen-bond acceptors (Lipinski definition) is 3. The van der Waals surface area contributed by atoms with E-state index in [1.807, 2.05) is 0 Å². The third kappa shape index (κ3) is 4.31. The van der Waals surface area contributed by atoms with E-state index in [-0.39, 0.29) is 18.9 Å². The van der Waals surface area contributed by atoms with Gasteiger partial charge in [0.25, 0.3) is 0 Å². The summed E-state index contributed by atoms with van der Waals surface area (Å²) in [5, 5.41) is -7.75. The maximum Gasteiger partial charge on any atom is 1.00 e. The first kappa shape index (κ1) is 29.7. The summed E-state index contributed by atoms with van der Waals surface area (Å²) in [5.74, 6) is -40.4. The van der Waals surface area contributed by atoms with E-state index >= 15 is 0 Å². The quantitative estimate of drug-likeness (QED) is 0.320. The molecule has 28 heavy (non-hydrogen) atoms. The van der Waals surface area contributed by atoms with E-state index in [9.17, 15) is 78.8 Å². The van der Waals surface area contributed by atoms with Crippen LogP contribution in [0.4, 0.5) is 65.9 Å². The second-order valence-electron chi connectivity index (χ2n) is 4.76. The molecule has 0 N–H and O–H groups in total. The van der Waals surface area contributed by atoms with E-state index in [1.54, 1.807) is 0 Å². The Hall–Kier alpha value is -0.543. The minimum absolute atomic E-state index is 0. The number of alkyl halides is 15. The Balaban J connectivity index is 0. The van der Waals surface area contributed by atoms with Crippen molar-refractivity contribution < 1.29 is 97.7 Å². The summed E-state index contributed by atoms with van der Waals surface area (Å²) in [6.07, 6.45) is -10.7. The molecule has 0 rings (SSSR count). The Morgan fingerprint density at radius 1 is 0.571 bits per heavy atom. The summed E-state index contributed by atoms with van der Waals surface area (Å²) in [6.45, 7) is 0. The molecule has 0 aliphatic rings. The van der Waals surface area contributed by atoms with Crippen molar-refractivity contribution in [2.24, 2.45) is 0 Å². The summed E-state index contributed by atoms with van der Waals surface area (Å²) in [7, 11) is -7.97. The third-order valence-corrected chi connectivity index (χ3v) is 3.63. The third-order valence-electron chi connectivity index (χ3n) is 2.74. The Kier molecular flexibility index (Phi) is 7.73. The fraction of sp³-hybridized carbons (Fsp3) is 1.00. The Labute approximate surface area is 156 Å². The first-order valence-electron chi connectivity index (χ1n) is 5.50. The predicted molar refractivity (Wildman–Crippen MR) is 50.1 cm³/mol. The first-order chi connectivity index (χ1) is 11.2. The largest absolute Gasteiger partial charge is 1.00 e. The van der Waals surface area contributed by atoms with E-state index in [4.69, 9.17) is 0 Å². The van der Waals surface area contributed by atoms with Crippen molar-refractivity contribution in [1.82, 2.24) is 0 Å². The fourth-order valence-electron chi connectivity index (χ4n) is 1.33. The summed E-state index contributed by atoms with van der Waals surface area (Å²) < 4.78 is 219. The van der Waals surface area contributed by atoms with E-state index in [1.165, 1.54) is 0 Å². The minimum Gasteiger partial charge on any atom is -0.743 e. The van der Waals surface area contributed by atoms with Gasteiger partial charge in [-0.3, -0.25) is 0 Å². The van der Waals surface area contributed by atoms with Crippen LogP contribution < -0.4 is 18.9 Å². The topological polar surface area (TPSA) is 57.2 Å². The standard InChI is InChI=1S/C8H3F15O3S.Li/c9-2(10,1-3(11,12)13)4(14,15)5(16,17)6(18,19)7(20,21)8(22,23)27(24,25)26;/h1H2,(H,24,25,26);/q;+1/p-1. The fourth-order valence-corrected chi connectivity index (χ4v) is 1.77. The summed E-state index contributed by atoms with van der Waals surface area (Å²) >= 11 is 0. The van der Waals surface area contributed by atoms with Crippen LogP contribution in [0.15, 0.2) is 0 Å².